The van der Waals surface area contributed by atoms with Gasteiger partial charge in [-0.25, -0.2) is 0 Å². The number of carbonyl (C=O) groups excluding carboxylic acids is 1. The minimum absolute atomic E-state index is 0.0250. The minimum atomic E-state index is -0.0759. The standard InChI is InChI=1S/C18H20N2O2S/c21-18(16-10-23-11-19-16)20-15-6-3-9-22-17-13-5-2-1-4-12(13)7-8-14(15)17/h1-2,4-5,7-8,15-16,19H,3,6,9-11H2,(H,20,21)/t15-,16-/m1/s1. The van der Waals surface area contributed by atoms with Crippen molar-refractivity contribution in [2.75, 3.05) is 18.2 Å². The van der Waals surface area contributed by atoms with Gasteiger partial charge in [-0.1, -0.05) is 36.4 Å². The second kappa shape index (κ2) is 6.42. The molecule has 2 atom stereocenters. The third-order valence-corrected chi connectivity index (χ3v) is 5.46. The van der Waals surface area contributed by atoms with Gasteiger partial charge in [-0.15, -0.1) is 11.8 Å². The molecular formula is C18H20N2O2S. The van der Waals surface area contributed by atoms with Crippen molar-refractivity contribution in [1.82, 2.24) is 10.6 Å². The van der Waals surface area contributed by atoms with E-state index in [-0.39, 0.29) is 18.0 Å². The molecule has 0 unspecified atom stereocenters. The van der Waals surface area contributed by atoms with Gasteiger partial charge in [-0.05, 0) is 18.2 Å². The van der Waals surface area contributed by atoms with E-state index in [1.54, 1.807) is 11.8 Å². The van der Waals surface area contributed by atoms with Crippen LogP contribution in [0, 0.1) is 0 Å². The summed E-state index contributed by atoms with van der Waals surface area (Å²) >= 11 is 1.77. The van der Waals surface area contributed by atoms with Crippen LogP contribution in [-0.4, -0.2) is 30.2 Å². The monoisotopic (exact) mass is 328 g/mol. The van der Waals surface area contributed by atoms with Gasteiger partial charge >= 0.3 is 0 Å². The first-order valence-corrected chi connectivity index (χ1v) is 9.24. The van der Waals surface area contributed by atoms with Crippen molar-refractivity contribution in [1.29, 1.82) is 0 Å². The van der Waals surface area contributed by atoms with Crippen LogP contribution in [-0.2, 0) is 4.79 Å². The molecule has 2 aliphatic heterocycles. The highest BCUT2D eigenvalue weighted by Gasteiger charge is 2.28. The first-order valence-electron chi connectivity index (χ1n) is 8.09. The van der Waals surface area contributed by atoms with Crippen LogP contribution in [0.5, 0.6) is 5.75 Å². The number of thioether (sulfide) groups is 1. The highest BCUT2D eigenvalue weighted by atomic mass is 32.2. The predicted molar refractivity (Wildman–Crippen MR) is 93.8 cm³/mol. The van der Waals surface area contributed by atoms with Crippen molar-refractivity contribution in [3.63, 3.8) is 0 Å². The third-order valence-electron chi connectivity index (χ3n) is 4.52. The third kappa shape index (κ3) is 2.91. The quantitative estimate of drug-likeness (QED) is 0.890. The maximum atomic E-state index is 12.5. The maximum Gasteiger partial charge on any atom is 0.238 e. The van der Waals surface area contributed by atoms with E-state index in [0.717, 1.165) is 41.2 Å². The Labute approximate surface area is 140 Å². The molecule has 0 saturated carbocycles. The van der Waals surface area contributed by atoms with E-state index in [9.17, 15) is 4.79 Å². The van der Waals surface area contributed by atoms with E-state index in [2.05, 4.69) is 34.9 Å². The molecule has 4 nitrogen and oxygen atoms in total. The van der Waals surface area contributed by atoms with Crippen molar-refractivity contribution in [3.8, 4) is 5.75 Å². The fourth-order valence-corrected chi connectivity index (χ4v) is 4.24. The summed E-state index contributed by atoms with van der Waals surface area (Å²) in [4.78, 5) is 12.5. The van der Waals surface area contributed by atoms with E-state index in [0.29, 0.717) is 6.61 Å². The Balaban J connectivity index is 1.67. The molecule has 0 aliphatic carbocycles. The average Bonchev–Trinajstić information content (AvgIpc) is 3.04. The molecule has 0 radical (unpaired) electrons. The Morgan fingerprint density at radius 2 is 2.17 bits per heavy atom. The Morgan fingerprint density at radius 1 is 1.26 bits per heavy atom. The molecule has 1 saturated heterocycles. The summed E-state index contributed by atoms with van der Waals surface area (Å²) in [5.74, 6) is 2.73. The molecule has 23 heavy (non-hydrogen) atoms. The Morgan fingerprint density at radius 3 is 3.04 bits per heavy atom. The highest BCUT2D eigenvalue weighted by Crippen LogP contribution is 2.37. The molecule has 5 heteroatoms. The lowest BCUT2D eigenvalue weighted by atomic mass is 9.97. The van der Waals surface area contributed by atoms with Crippen molar-refractivity contribution in [2.45, 2.75) is 24.9 Å². The minimum Gasteiger partial charge on any atom is -0.493 e. The molecule has 2 heterocycles. The molecule has 2 aliphatic rings. The van der Waals surface area contributed by atoms with Gasteiger partial charge in [-0.2, -0.15) is 0 Å². The number of nitrogens with one attached hydrogen (secondary N) is 2. The smallest absolute Gasteiger partial charge is 0.238 e. The topological polar surface area (TPSA) is 50.4 Å². The van der Waals surface area contributed by atoms with E-state index < -0.39 is 0 Å². The molecule has 0 aromatic heterocycles. The van der Waals surface area contributed by atoms with E-state index in [1.807, 2.05) is 12.1 Å². The van der Waals surface area contributed by atoms with Crippen LogP contribution in [0.3, 0.4) is 0 Å². The van der Waals surface area contributed by atoms with E-state index in [1.165, 1.54) is 5.39 Å². The van der Waals surface area contributed by atoms with Gasteiger partial charge in [0.2, 0.25) is 5.91 Å². The fourth-order valence-electron chi connectivity index (χ4n) is 3.30. The number of benzene rings is 2. The van der Waals surface area contributed by atoms with Crippen molar-refractivity contribution >= 4 is 28.4 Å². The van der Waals surface area contributed by atoms with Gasteiger partial charge in [0.25, 0.3) is 0 Å². The van der Waals surface area contributed by atoms with Crippen LogP contribution >= 0.6 is 11.8 Å². The lowest BCUT2D eigenvalue weighted by molar-refractivity contribution is -0.123. The lowest BCUT2D eigenvalue weighted by Gasteiger charge is -2.21. The van der Waals surface area contributed by atoms with Gasteiger partial charge < -0.3 is 10.1 Å². The zero-order valence-corrected chi connectivity index (χ0v) is 13.7. The van der Waals surface area contributed by atoms with Gasteiger partial charge in [-0.3, -0.25) is 10.1 Å². The van der Waals surface area contributed by atoms with Crippen LogP contribution in [0.25, 0.3) is 10.8 Å². The molecule has 1 fully saturated rings. The van der Waals surface area contributed by atoms with Gasteiger partial charge in [0.05, 0.1) is 18.7 Å². The Hall–Kier alpha value is -1.72. The Kier molecular flexibility index (Phi) is 4.14. The Bertz CT molecular complexity index is 728. The summed E-state index contributed by atoms with van der Waals surface area (Å²) in [5.41, 5.74) is 1.10. The maximum absolute atomic E-state index is 12.5. The molecule has 0 bridgehead atoms. The molecule has 2 aromatic carbocycles. The van der Waals surface area contributed by atoms with Crippen LogP contribution in [0.1, 0.15) is 24.4 Å². The molecule has 4 rings (SSSR count). The summed E-state index contributed by atoms with van der Waals surface area (Å²) in [6, 6.07) is 12.4. The number of ether oxygens (including phenoxy) is 1. The van der Waals surface area contributed by atoms with Crippen LogP contribution in [0.2, 0.25) is 0 Å². The largest absolute Gasteiger partial charge is 0.493 e. The summed E-state index contributed by atoms with van der Waals surface area (Å²) in [7, 11) is 0. The fraction of sp³-hybridized carbons (Fsp3) is 0.389. The summed E-state index contributed by atoms with van der Waals surface area (Å²) in [5, 5.41) is 8.76. The van der Waals surface area contributed by atoms with Crippen molar-refractivity contribution in [2.24, 2.45) is 0 Å². The van der Waals surface area contributed by atoms with Crippen LogP contribution in [0.15, 0.2) is 36.4 Å². The predicted octanol–water partition coefficient (Wildman–Crippen LogP) is 2.83. The second-order valence-electron chi connectivity index (χ2n) is 6.03. The van der Waals surface area contributed by atoms with E-state index in [4.69, 9.17) is 4.74 Å². The van der Waals surface area contributed by atoms with E-state index >= 15 is 0 Å². The zero-order chi connectivity index (χ0) is 15.6. The van der Waals surface area contributed by atoms with Gasteiger partial charge in [0.15, 0.2) is 0 Å². The molecule has 120 valence electrons. The molecular weight excluding hydrogens is 308 g/mol. The number of rotatable bonds is 2. The average molecular weight is 328 g/mol. The number of amides is 1. The molecule has 0 spiro atoms. The SMILES string of the molecule is O=C(N[C@@H]1CCCOc2c1ccc1ccccc21)[C@H]1CSCN1. The van der Waals surface area contributed by atoms with Crippen molar-refractivity contribution < 1.29 is 9.53 Å². The number of carbonyl (C=O) groups is 1. The normalized spacial score (nSPS) is 23.8. The van der Waals surface area contributed by atoms with Gasteiger partial charge in [0, 0.05) is 22.6 Å². The van der Waals surface area contributed by atoms with Crippen LogP contribution in [0.4, 0.5) is 0 Å². The molecule has 1 amide bonds. The highest BCUT2D eigenvalue weighted by molar-refractivity contribution is 7.99. The first kappa shape index (κ1) is 14.8. The molecule has 2 N–H and O–H groups in total. The van der Waals surface area contributed by atoms with Crippen molar-refractivity contribution in [3.05, 3.63) is 42.0 Å². The second-order valence-corrected chi connectivity index (χ2v) is 7.06. The first-order chi connectivity index (χ1) is 11.3. The number of hydrogen-bond donors (Lipinski definition) is 2. The summed E-state index contributed by atoms with van der Waals surface area (Å²) in [6.45, 7) is 0.699. The molecule has 2 aromatic rings. The summed E-state index contributed by atoms with van der Waals surface area (Å²) in [6.07, 6.45) is 1.86. The lowest BCUT2D eigenvalue weighted by Crippen LogP contribution is -2.43. The van der Waals surface area contributed by atoms with Gasteiger partial charge in [0.1, 0.15) is 5.75 Å². The summed E-state index contributed by atoms with van der Waals surface area (Å²) < 4.78 is 6.03. The number of fused-ring (bicyclic) bond motifs is 3. The number of hydrogen-bond acceptors (Lipinski definition) is 4. The zero-order valence-electron chi connectivity index (χ0n) is 12.9. The van der Waals surface area contributed by atoms with Crippen LogP contribution < -0.4 is 15.4 Å².